The summed E-state index contributed by atoms with van der Waals surface area (Å²) in [5.41, 5.74) is 3.33. The van der Waals surface area contributed by atoms with E-state index in [9.17, 15) is 5.11 Å². The van der Waals surface area contributed by atoms with E-state index >= 15 is 0 Å². The molecule has 3 nitrogen and oxygen atoms in total. The molecule has 0 saturated carbocycles. The molecule has 0 aliphatic carbocycles. The van der Waals surface area contributed by atoms with Crippen molar-refractivity contribution in [1.29, 1.82) is 0 Å². The lowest BCUT2D eigenvalue weighted by Crippen LogP contribution is -2.06. The van der Waals surface area contributed by atoms with Crippen LogP contribution in [0.25, 0.3) is 0 Å². The van der Waals surface area contributed by atoms with Gasteiger partial charge in [0.25, 0.3) is 0 Å². The van der Waals surface area contributed by atoms with Gasteiger partial charge in [-0.3, -0.25) is 0 Å². The number of aromatic hydroxyl groups is 1. The van der Waals surface area contributed by atoms with Crippen LogP contribution in [-0.4, -0.2) is 10.3 Å². The van der Waals surface area contributed by atoms with Crippen LogP contribution in [0.2, 0.25) is 5.02 Å². The van der Waals surface area contributed by atoms with Gasteiger partial charge in [-0.05, 0) is 24.6 Å². The zero-order valence-electron chi connectivity index (χ0n) is 6.63. The summed E-state index contributed by atoms with van der Waals surface area (Å²) in [5, 5.41) is 18.2. The monoisotopic (exact) mass is 187 g/mol. The molecule has 1 rings (SSSR count). The quantitative estimate of drug-likeness (QED) is 0.620. The minimum Gasteiger partial charge on any atom is -0.508 e. The average molecular weight is 188 g/mol. The zero-order valence-corrected chi connectivity index (χ0v) is 7.39. The van der Waals surface area contributed by atoms with Gasteiger partial charge in [-0.2, -0.15) is 0 Å². The third-order valence-electron chi connectivity index (χ3n) is 1.57. The van der Waals surface area contributed by atoms with Crippen LogP contribution in [0, 0.1) is 6.92 Å². The number of phenols is 1. The SMILES string of the molecule is Cc1cc(O)c(CNO)c(Cl)c1. The van der Waals surface area contributed by atoms with Gasteiger partial charge in [-0.15, -0.1) is 0 Å². The van der Waals surface area contributed by atoms with Gasteiger partial charge in [0.2, 0.25) is 0 Å². The fourth-order valence-electron chi connectivity index (χ4n) is 1.01. The minimum absolute atomic E-state index is 0.0987. The first-order valence-electron chi connectivity index (χ1n) is 3.50. The highest BCUT2D eigenvalue weighted by molar-refractivity contribution is 6.31. The Morgan fingerprint density at radius 2 is 2.17 bits per heavy atom. The van der Waals surface area contributed by atoms with Crippen LogP contribution in [0.3, 0.4) is 0 Å². The number of aryl methyl sites for hydroxylation is 1. The second-order valence-electron chi connectivity index (χ2n) is 2.58. The molecule has 0 heterocycles. The number of rotatable bonds is 2. The summed E-state index contributed by atoms with van der Waals surface area (Å²) in [5.74, 6) is 0.0987. The summed E-state index contributed by atoms with van der Waals surface area (Å²) in [6.45, 7) is 1.98. The second-order valence-corrected chi connectivity index (χ2v) is 2.99. The fraction of sp³-hybridized carbons (Fsp3) is 0.250. The Kier molecular flexibility index (Phi) is 2.92. The molecule has 0 spiro atoms. The maximum Gasteiger partial charge on any atom is 0.121 e. The number of halogens is 1. The lowest BCUT2D eigenvalue weighted by molar-refractivity contribution is 0.160. The first-order valence-corrected chi connectivity index (χ1v) is 3.88. The number of hydroxylamine groups is 1. The Bertz CT molecular complexity index is 265. The van der Waals surface area contributed by atoms with Gasteiger partial charge in [0.1, 0.15) is 5.75 Å². The molecular formula is C8H10ClNO2. The van der Waals surface area contributed by atoms with E-state index < -0.39 is 0 Å². The second kappa shape index (κ2) is 3.76. The van der Waals surface area contributed by atoms with Gasteiger partial charge in [-0.25, -0.2) is 5.48 Å². The van der Waals surface area contributed by atoms with E-state index in [2.05, 4.69) is 0 Å². The molecule has 0 atom stereocenters. The summed E-state index contributed by atoms with van der Waals surface area (Å²) in [7, 11) is 0. The molecule has 12 heavy (non-hydrogen) atoms. The largest absolute Gasteiger partial charge is 0.508 e. The molecule has 0 saturated heterocycles. The Hall–Kier alpha value is -0.770. The molecule has 0 fully saturated rings. The zero-order chi connectivity index (χ0) is 9.14. The van der Waals surface area contributed by atoms with Gasteiger partial charge < -0.3 is 10.3 Å². The molecule has 0 unspecified atom stereocenters. The normalized spacial score (nSPS) is 10.2. The highest BCUT2D eigenvalue weighted by Gasteiger charge is 2.06. The number of hydrogen-bond donors (Lipinski definition) is 3. The molecular weight excluding hydrogens is 178 g/mol. The molecule has 66 valence electrons. The van der Waals surface area contributed by atoms with E-state index in [-0.39, 0.29) is 12.3 Å². The van der Waals surface area contributed by atoms with Crippen molar-refractivity contribution in [3.63, 3.8) is 0 Å². The molecule has 0 amide bonds. The Labute approximate surface area is 75.6 Å². The molecule has 0 aliphatic heterocycles. The molecule has 1 aromatic rings. The van der Waals surface area contributed by atoms with E-state index in [4.69, 9.17) is 16.8 Å². The van der Waals surface area contributed by atoms with Crippen LogP contribution in [-0.2, 0) is 6.54 Å². The summed E-state index contributed by atoms with van der Waals surface area (Å²) < 4.78 is 0. The predicted octanol–water partition coefficient (Wildman–Crippen LogP) is 1.83. The molecule has 0 aromatic heterocycles. The predicted molar refractivity (Wildman–Crippen MR) is 46.5 cm³/mol. The smallest absolute Gasteiger partial charge is 0.121 e. The molecule has 1 aromatic carbocycles. The van der Waals surface area contributed by atoms with E-state index in [1.165, 1.54) is 0 Å². The molecule has 4 heteroatoms. The number of benzene rings is 1. The minimum atomic E-state index is 0.0987. The van der Waals surface area contributed by atoms with Gasteiger partial charge in [0.15, 0.2) is 0 Å². The molecule has 3 N–H and O–H groups in total. The summed E-state index contributed by atoms with van der Waals surface area (Å²) in [6.07, 6.45) is 0. The first-order chi connectivity index (χ1) is 5.65. The van der Waals surface area contributed by atoms with Crippen molar-refractivity contribution in [2.45, 2.75) is 13.5 Å². The highest BCUT2D eigenvalue weighted by atomic mass is 35.5. The van der Waals surface area contributed by atoms with Crippen molar-refractivity contribution in [2.75, 3.05) is 0 Å². The first kappa shape index (κ1) is 9.32. The topological polar surface area (TPSA) is 52.5 Å². The third-order valence-corrected chi connectivity index (χ3v) is 1.91. The van der Waals surface area contributed by atoms with Crippen LogP contribution in [0.15, 0.2) is 12.1 Å². The van der Waals surface area contributed by atoms with E-state index in [0.717, 1.165) is 5.56 Å². The van der Waals surface area contributed by atoms with E-state index in [0.29, 0.717) is 10.6 Å². The number of hydrogen-bond acceptors (Lipinski definition) is 3. The highest BCUT2D eigenvalue weighted by Crippen LogP contribution is 2.26. The van der Waals surface area contributed by atoms with Crippen molar-refractivity contribution >= 4 is 11.6 Å². The van der Waals surface area contributed by atoms with Gasteiger partial charge in [0.05, 0.1) is 6.54 Å². The average Bonchev–Trinajstić information content (AvgIpc) is 1.96. The van der Waals surface area contributed by atoms with Crippen molar-refractivity contribution in [3.8, 4) is 5.75 Å². The van der Waals surface area contributed by atoms with Crippen LogP contribution < -0.4 is 5.48 Å². The van der Waals surface area contributed by atoms with Crippen LogP contribution in [0.5, 0.6) is 5.75 Å². The van der Waals surface area contributed by atoms with Crippen LogP contribution >= 0.6 is 11.6 Å². The van der Waals surface area contributed by atoms with E-state index in [1.54, 1.807) is 12.1 Å². The van der Waals surface area contributed by atoms with Gasteiger partial charge in [0, 0.05) is 10.6 Å². The van der Waals surface area contributed by atoms with Crippen LogP contribution in [0.4, 0.5) is 0 Å². The molecule has 0 bridgehead atoms. The summed E-state index contributed by atoms with van der Waals surface area (Å²) in [4.78, 5) is 0. The third kappa shape index (κ3) is 1.88. The molecule has 0 aliphatic rings. The van der Waals surface area contributed by atoms with Crippen molar-refractivity contribution in [2.24, 2.45) is 0 Å². The number of phenolic OH excluding ortho intramolecular Hbond substituents is 1. The Morgan fingerprint density at radius 1 is 1.50 bits per heavy atom. The van der Waals surface area contributed by atoms with Gasteiger partial charge in [-0.1, -0.05) is 11.6 Å². The standard InChI is InChI=1S/C8H10ClNO2/c1-5-2-7(9)6(4-10-12)8(11)3-5/h2-3,10-12H,4H2,1H3. The van der Waals surface area contributed by atoms with Crippen molar-refractivity contribution < 1.29 is 10.3 Å². The van der Waals surface area contributed by atoms with Crippen molar-refractivity contribution in [3.05, 3.63) is 28.3 Å². The lowest BCUT2D eigenvalue weighted by Gasteiger charge is -2.06. The Morgan fingerprint density at radius 3 is 2.67 bits per heavy atom. The summed E-state index contributed by atoms with van der Waals surface area (Å²) in [6, 6.07) is 3.33. The number of nitrogens with one attached hydrogen (secondary N) is 1. The van der Waals surface area contributed by atoms with E-state index in [1.807, 2.05) is 12.4 Å². The maximum atomic E-state index is 9.37. The fourth-order valence-corrected chi connectivity index (χ4v) is 1.34. The Balaban J connectivity index is 3.10. The maximum absolute atomic E-state index is 9.37. The van der Waals surface area contributed by atoms with Crippen LogP contribution in [0.1, 0.15) is 11.1 Å². The molecule has 0 radical (unpaired) electrons. The van der Waals surface area contributed by atoms with Crippen molar-refractivity contribution in [1.82, 2.24) is 5.48 Å². The van der Waals surface area contributed by atoms with Gasteiger partial charge >= 0.3 is 0 Å². The lowest BCUT2D eigenvalue weighted by atomic mass is 10.1. The summed E-state index contributed by atoms with van der Waals surface area (Å²) >= 11 is 5.80.